The van der Waals surface area contributed by atoms with E-state index in [4.69, 9.17) is 4.74 Å². The molecule has 0 aromatic heterocycles. The zero-order valence-electron chi connectivity index (χ0n) is 11.7. The van der Waals surface area contributed by atoms with Crippen LogP contribution in [0.2, 0.25) is 0 Å². The van der Waals surface area contributed by atoms with Gasteiger partial charge in [-0.05, 0) is 57.4 Å². The second-order valence-corrected chi connectivity index (χ2v) is 8.84. The minimum Gasteiger partial charge on any atom is -0.375 e. The molecule has 2 heterocycles. The van der Waals surface area contributed by atoms with Gasteiger partial charge >= 0.3 is 0 Å². The summed E-state index contributed by atoms with van der Waals surface area (Å²) in [5.41, 5.74) is 0.148. The van der Waals surface area contributed by atoms with Gasteiger partial charge in [0, 0.05) is 12.6 Å². The Bertz CT molecular complexity index is 430. The van der Waals surface area contributed by atoms with Gasteiger partial charge in [0.05, 0.1) is 17.1 Å². The van der Waals surface area contributed by atoms with Crippen LogP contribution in [0.3, 0.4) is 0 Å². The summed E-state index contributed by atoms with van der Waals surface area (Å²) < 4.78 is 29.4. The molecule has 3 rings (SSSR count). The molecule has 0 aromatic rings. The SMILES string of the molecule is CNC(C1CCOC2(CCC2)C1)C1CCS(=O)(=O)C1. The Morgan fingerprint density at radius 3 is 2.58 bits per heavy atom. The molecule has 2 aliphatic heterocycles. The Labute approximate surface area is 116 Å². The molecule has 1 spiro atoms. The zero-order valence-corrected chi connectivity index (χ0v) is 12.5. The van der Waals surface area contributed by atoms with Gasteiger partial charge in [-0.15, -0.1) is 0 Å². The summed E-state index contributed by atoms with van der Waals surface area (Å²) in [6.45, 7) is 0.850. The second-order valence-electron chi connectivity index (χ2n) is 6.62. The van der Waals surface area contributed by atoms with Gasteiger partial charge in [0.1, 0.15) is 0 Å². The van der Waals surface area contributed by atoms with Crippen molar-refractivity contribution >= 4 is 9.84 Å². The summed E-state index contributed by atoms with van der Waals surface area (Å²) in [5, 5.41) is 3.42. The number of rotatable bonds is 3. The lowest BCUT2D eigenvalue weighted by atomic mass is 9.69. The van der Waals surface area contributed by atoms with Crippen LogP contribution in [0, 0.1) is 11.8 Å². The van der Waals surface area contributed by atoms with E-state index >= 15 is 0 Å². The average Bonchev–Trinajstić information content (AvgIpc) is 2.69. The predicted octanol–water partition coefficient (Wildman–Crippen LogP) is 1.36. The Morgan fingerprint density at radius 1 is 1.26 bits per heavy atom. The number of sulfone groups is 1. The van der Waals surface area contributed by atoms with Crippen molar-refractivity contribution in [3.8, 4) is 0 Å². The van der Waals surface area contributed by atoms with Crippen molar-refractivity contribution in [2.24, 2.45) is 11.8 Å². The fraction of sp³-hybridized carbons (Fsp3) is 1.00. The monoisotopic (exact) mass is 287 g/mol. The van der Waals surface area contributed by atoms with Crippen molar-refractivity contribution in [2.45, 2.75) is 50.2 Å². The first-order valence-electron chi connectivity index (χ1n) is 7.55. The van der Waals surface area contributed by atoms with Crippen LogP contribution in [0.15, 0.2) is 0 Å². The molecule has 0 radical (unpaired) electrons. The van der Waals surface area contributed by atoms with Crippen molar-refractivity contribution in [3.63, 3.8) is 0 Å². The van der Waals surface area contributed by atoms with E-state index in [0.717, 1.165) is 25.9 Å². The summed E-state index contributed by atoms with van der Waals surface area (Å²) in [6, 6.07) is 0.346. The number of nitrogens with one attached hydrogen (secondary N) is 1. The molecule has 2 saturated heterocycles. The predicted molar refractivity (Wildman–Crippen MR) is 74.9 cm³/mol. The molecular weight excluding hydrogens is 262 g/mol. The fourth-order valence-corrected chi connectivity index (χ4v) is 6.11. The molecule has 0 amide bonds. The Kier molecular flexibility index (Phi) is 3.65. The summed E-state index contributed by atoms with van der Waals surface area (Å²) in [7, 11) is -0.796. The van der Waals surface area contributed by atoms with E-state index in [2.05, 4.69) is 5.32 Å². The first-order chi connectivity index (χ1) is 9.04. The lowest BCUT2D eigenvalue weighted by Gasteiger charge is -2.49. The van der Waals surface area contributed by atoms with Gasteiger partial charge in [-0.2, -0.15) is 0 Å². The van der Waals surface area contributed by atoms with Crippen LogP contribution in [0.25, 0.3) is 0 Å². The van der Waals surface area contributed by atoms with Crippen LogP contribution < -0.4 is 5.32 Å². The van der Waals surface area contributed by atoms with Gasteiger partial charge in [-0.1, -0.05) is 0 Å². The van der Waals surface area contributed by atoms with Gasteiger partial charge < -0.3 is 10.1 Å². The quantitative estimate of drug-likeness (QED) is 0.851. The van der Waals surface area contributed by atoms with E-state index in [0.29, 0.717) is 29.4 Å². The lowest BCUT2D eigenvalue weighted by Crippen LogP contribution is -2.51. The zero-order chi connectivity index (χ0) is 13.5. The molecule has 110 valence electrons. The number of hydrogen-bond acceptors (Lipinski definition) is 4. The highest BCUT2D eigenvalue weighted by molar-refractivity contribution is 7.91. The smallest absolute Gasteiger partial charge is 0.150 e. The molecule has 3 unspecified atom stereocenters. The molecule has 1 aliphatic carbocycles. The summed E-state index contributed by atoms with van der Waals surface area (Å²) >= 11 is 0. The Balaban J connectivity index is 1.68. The first kappa shape index (κ1) is 13.8. The molecule has 4 nitrogen and oxygen atoms in total. The fourth-order valence-electron chi connectivity index (χ4n) is 4.26. The van der Waals surface area contributed by atoms with E-state index in [1.807, 2.05) is 7.05 Å². The number of hydrogen-bond donors (Lipinski definition) is 1. The molecule has 3 atom stereocenters. The van der Waals surface area contributed by atoms with Crippen LogP contribution in [0.5, 0.6) is 0 Å². The summed E-state index contributed by atoms with van der Waals surface area (Å²) in [4.78, 5) is 0. The Morgan fingerprint density at radius 2 is 2.05 bits per heavy atom. The highest BCUT2D eigenvalue weighted by Gasteiger charge is 2.46. The highest BCUT2D eigenvalue weighted by atomic mass is 32.2. The minimum atomic E-state index is -2.78. The van der Waals surface area contributed by atoms with E-state index in [9.17, 15) is 8.42 Å². The molecular formula is C14H25NO3S. The van der Waals surface area contributed by atoms with Gasteiger partial charge in [0.25, 0.3) is 0 Å². The summed E-state index contributed by atoms with van der Waals surface area (Å²) in [6.07, 6.45) is 6.71. The van der Waals surface area contributed by atoms with Crippen molar-refractivity contribution in [3.05, 3.63) is 0 Å². The molecule has 3 aliphatic rings. The van der Waals surface area contributed by atoms with E-state index in [1.54, 1.807) is 0 Å². The van der Waals surface area contributed by atoms with Crippen molar-refractivity contribution in [1.29, 1.82) is 0 Å². The topological polar surface area (TPSA) is 55.4 Å². The first-order valence-corrected chi connectivity index (χ1v) is 9.37. The van der Waals surface area contributed by atoms with Crippen LogP contribution in [0.1, 0.15) is 38.5 Å². The van der Waals surface area contributed by atoms with Crippen molar-refractivity contribution in [1.82, 2.24) is 5.32 Å². The van der Waals surface area contributed by atoms with Gasteiger partial charge in [-0.25, -0.2) is 8.42 Å². The molecule has 0 aromatic carbocycles. The maximum Gasteiger partial charge on any atom is 0.150 e. The van der Waals surface area contributed by atoms with Crippen molar-refractivity contribution < 1.29 is 13.2 Å². The molecule has 0 bridgehead atoms. The van der Waals surface area contributed by atoms with Crippen LogP contribution >= 0.6 is 0 Å². The minimum absolute atomic E-state index is 0.148. The number of ether oxygens (including phenoxy) is 1. The normalized spacial score (nSPS) is 37.9. The van der Waals surface area contributed by atoms with Crippen LogP contribution in [0.4, 0.5) is 0 Å². The van der Waals surface area contributed by atoms with Crippen molar-refractivity contribution in [2.75, 3.05) is 25.2 Å². The van der Waals surface area contributed by atoms with Crippen LogP contribution in [-0.2, 0) is 14.6 Å². The third-order valence-electron chi connectivity index (χ3n) is 5.41. The third kappa shape index (κ3) is 2.69. The summed E-state index contributed by atoms with van der Waals surface area (Å²) in [5.74, 6) is 1.64. The van der Waals surface area contributed by atoms with Gasteiger partial charge in [0.15, 0.2) is 9.84 Å². The Hall–Kier alpha value is -0.130. The molecule has 19 heavy (non-hydrogen) atoms. The highest BCUT2D eigenvalue weighted by Crippen LogP contribution is 2.46. The maximum absolute atomic E-state index is 11.7. The van der Waals surface area contributed by atoms with E-state index in [-0.39, 0.29) is 5.60 Å². The van der Waals surface area contributed by atoms with E-state index < -0.39 is 9.84 Å². The maximum atomic E-state index is 11.7. The molecule has 3 fully saturated rings. The van der Waals surface area contributed by atoms with Gasteiger partial charge in [-0.3, -0.25) is 0 Å². The van der Waals surface area contributed by atoms with Crippen LogP contribution in [-0.4, -0.2) is 45.2 Å². The third-order valence-corrected chi connectivity index (χ3v) is 7.21. The van der Waals surface area contributed by atoms with Gasteiger partial charge in [0.2, 0.25) is 0 Å². The standard InChI is InChI=1S/C14H25NO3S/c1-15-13(12-4-8-19(16,17)10-12)11-3-7-18-14(9-11)5-2-6-14/h11-13,15H,2-10H2,1H3. The largest absolute Gasteiger partial charge is 0.375 e. The average molecular weight is 287 g/mol. The molecule has 1 N–H and O–H groups in total. The lowest BCUT2D eigenvalue weighted by molar-refractivity contribution is -0.148. The molecule has 5 heteroatoms. The van der Waals surface area contributed by atoms with E-state index in [1.165, 1.54) is 19.3 Å². The second kappa shape index (κ2) is 5.01. The molecule has 1 saturated carbocycles.